The van der Waals surface area contributed by atoms with Gasteiger partial charge in [-0.2, -0.15) is 0 Å². The highest BCUT2D eigenvalue weighted by atomic mass is 35.5. The second-order valence-corrected chi connectivity index (χ2v) is 6.10. The molecule has 6 heteroatoms. The number of halogens is 1. The summed E-state index contributed by atoms with van der Waals surface area (Å²) in [5.74, 6) is 0.0698. The lowest BCUT2D eigenvalue weighted by Gasteiger charge is -2.12. The van der Waals surface area contributed by atoms with E-state index in [1.165, 1.54) is 0 Å². The largest absolute Gasteiger partial charge is 0.387 e. The molecule has 1 atom stereocenters. The first-order chi connectivity index (χ1) is 7.94. The van der Waals surface area contributed by atoms with Gasteiger partial charge in [0.2, 0.25) is 10.0 Å². The summed E-state index contributed by atoms with van der Waals surface area (Å²) in [5.41, 5.74) is 0.633. The number of rotatable bonds is 6. The zero-order valence-corrected chi connectivity index (χ0v) is 11.1. The van der Waals surface area contributed by atoms with E-state index in [1.54, 1.807) is 31.2 Å². The van der Waals surface area contributed by atoms with Gasteiger partial charge in [-0.15, -0.1) is 0 Å². The highest BCUT2D eigenvalue weighted by Crippen LogP contribution is 2.15. The van der Waals surface area contributed by atoms with Crippen LogP contribution in [0.2, 0.25) is 5.02 Å². The zero-order valence-electron chi connectivity index (χ0n) is 9.56. The van der Waals surface area contributed by atoms with Gasteiger partial charge in [-0.3, -0.25) is 0 Å². The SMILES string of the molecule is CCCS(=O)(=O)NCC(O)c1ccc(Cl)cc1. The molecule has 0 heterocycles. The topological polar surface area (TPSA) is 66.4 Å². The van der Waals surface area contributed by atoms with Gasteiger partial charge in [0.25, 0.3) is 0 Å². The lowest BCUT2D eigenvalue weighted by molar-refractivity contribution is 0.182. The molecule has 0 fully saturated rings. The van der Waals surface area contributed by atoms with Crippen molar-refractivity contribution in [2.75, 3.05) is 12.3 Å². The van der Waals surface area contributed by atoms with Crippen LogP contribution >= 0.6 is 11.6 Å². The van der Waals surface area contributed by atoms with Gasteiger partial charge in [0.15, 0.2) is 0 Å². The van der Waals surface area contributed by atoms with Crippen LogP contribution in [0.1, 0.15) is 25.0 Å². The molecule has 1 aromatic carbocycles. The van der Waals surface area contributed by atoms with Gasteiger partial charge in [0.05, 0.1) is 11.9 Å². The highest BCUT2D eigenvalue weighted by Gasteiger charge is 2.13. The van der Waals surface area contributed by atoms with Crippen LogP contribution in [0.25, 0.3) is 0 Å². The van der Waals surface area contributed by atoms with Gasteiger partial charge >= 0.3 is 0 Å². The third-order valence-electron chi connectivity index (χ3n) is 2.22. The Kier molecular flexibility index (Phi) is 5.39. The standard InChI is InChI=1S/C11H16ClNO3S/c1-2-7-17(15,16)13-8-11(14)9-3-5-10(12)6-4-9/h3-6,11,13-14H,2,7-8H2,1H3. The van der Waals surface area contributed by atoms with Crippen LogP contribution in [0.5, 0.6) is 0 Å². The Morgan fingerprint density at radius 2 is 1.94 bits per heavy atom. The van der Waals surface area contributed by atoms with Crippen molar-refractivity contribution in [3.8, 4) is 0 Å². The van der Waals surface area contributed by atoms with Crippen LogP contribution in [-0.2, 0) is 10.0 Å². The fraction of sp³-hybridized carbons (Fsp3) is 0.455. The molecule has 0 saturated heterocycles. The van der Waals surface area contributed by atoms with Gasteiger partial charge in [-0.1, -0.05) is 30.7 Å². The van der Waals surface area contributed by atoms with E-state index in [4.69, 9.17) is 11.6 Å². The Hall–Kier alpha value is -0.620. The summed E-state index contributed by atoms with van der Waals surface area (Å²) in [6.07, 6.45) is -0.314. The van der Waals surface area contributed by atoms with E-state index in [0.29, 0.717) is 17.0 Å². The number of aliphatic hydroxyl groups is 1. The van der Waals surface area contributed by atoms with Crippen molar-refractivity contribution in [3.63, 3.8) is 0 Å². The molecule has 4 nitrogen and oxygen atoms in total. The predicted octanol–water partition coefficient (Wildman–Crippen LogP) is 1.70. The van der Waals surface area contributed by atoms with Crippen LogP contribution in [0.3, 0.4) is 0 Å². The van der Waals surface area contributed by atoms with Gasteiger partial charge in [-0.25, -0.2) is 13.1 Å². The third-order valence-corrected chi connectivity index (χ3v) is 4.03. The number of benzene rings is 1. The van der Waals surface area contributed by atoms with E-state index in [9.17, 15) is 13.5 Å². The molecule has 0 aliphatic rings. The van der Waals surface area contributed by atoms with Gasteiger partial charge in [0, 0.05) is 11.6 Å². The molecular formula is C11H16ClNO3S. The molecule has 1 unspecified atom stereocenters. The van der Waals surface area contributed by atoms with E-state index in [1.807, 2.05) is 0 Å². The van der Waals surface area contributed by atoms with Gasteiger partial charge in [0.1, 0.15) is 0 Å². The summed E-state index contributed by atoms with van der Waals surface area (Å²) >= 11 is 5.71. The fourth-order valence-electron chi connectivity index (χ4n) is 1.35. The Bertz CT molecular complexity index is 444. The molecule has 17 heavy (non-hydrogen) atoms. The van der Waals surface area contributed by atoms with E-state index in [2.05, 4.69) is 4.72 Å². The molecule has 0 aliphatic heterocycles. The van der Waals surface area contributed by atoms with Crippen LogP contribution in [-0.4, -0.2) is 25.8 Å². The maximum atomic E-state index is 11.4. The molecule has 0 amide bonds. The molecule has 1 aromatic rings. The number of hydrogen-bond acceptors (Lipinski definition) is 3. The van der Waals surface area contributed by atoms with Crippen molar-refractivity contribution >= 4 is 21.6 Å². The second-order valence-electron chi connectivity index (χ2n) is 3.73. The molecule has 0 aromatic heterocycles. The minimum atomic E-state index is -3.28. The van der Waals surface area contributed by atoms with Crippen molar-refractivity contribution in [1.29, 1.82) is 0 Å². The molecular weight excluding hydrogens is 262 g/mol. The third kappa shape index (κ3) is 5.04. The minimum Gasteiger partial charge on any atom is -0.387 e. The van der Waals surface area contributed by atoms with Crippen LogP contribution in [0, 0.1) is 0 Å². The summed E-state index contributed by atoms with van der Waals surface area (Å²) in [7, 11) is -3.28. The minimum absolute atomic E-state index is 0.0238. The Morgan fingerprint density at radius 1 is 1.35 bits per heavy atom. The van der Waals surface area contributed by atoms with Crippen LogP contribution < -0.4 is 4.72 Å². The molecule has 0 radical (unpaired) electrons. The lowest BCUT2D eigenvalue weighted by atomic mass is 10.1. The van der Waals surface area contributed by atoms with E-state index < -0.39 is 16.1 Å². The maximum Gasteiger partial charge on any atom is 0.211 e. The number of hydrogen-bond donors (Lipinski definition) is 2. The van der Waals surface area contributed by atoms with Crippen molar-refractivity contribution in [2.45, 2.75) is 19.4 Å². The maximum absolute atomic E-state index is 11.4. The number of aliphatic hydroxyl groups excluding tert-OH is 1. The molecule has 2 N–H and O–H groups in total. The number of sulfonamides is 1. The Morgan fingerprint density at radius 3 is 2.47 bits per heavy atom. The predicted molar refractivity (Wildman–Crippen MR) is 68.5 cm³/mol. The van der Waals surface area contributed by atoms with E-state index in [0.717, 1.165) is 0 Å². The highest BCUT2D eigenvalue weighted by molar-refractivity contribution is 7.89. The summed E-state index contributed by atoms with van der Waals surface area (Å²) in [6.45, 7) is 1.76. The molecule has 0 bridgehead atoms. The summed E-state index contributed by atoms with van der Waals surface area (Å²) in [5, 5.41) is 10.3. The first-order valence-electron chi connectivity index (χ1n) is 5.35. The summed E-state index contributed by atoms with van der Waals surface area (Å²) in [4.78, 5) is 0. The Balaban J connectivity index is 2.55. The first kappa shape index (κ1) is 14.4. The van der Waals surface area contributed by atoms with E-state index >= 15 is 0 Å². The van der Waals surface area contributed by atoms with E-state index in [-0.39, 0.29) is 12.3 Å². The average Bonchev–Trinajstić information content (AvgIpc) is 2.27. The number of nitrogens with one attached hydrogen (secondary N) is 1. The van der Waals surface area contributed by atoms with Crippen LogP contribution in [0.15, 0.2) is 24.3 Å². The normalized spacial score (nSPS) is 13.6. The Labute approximate surface area is 107 Å². The summed E-state index contributed by atoms with van der Waals surface area (Å²) < 4.78 is 25.1. The quantitative estimate of drug-likeness (QED) is 0.832. The molecule has 0 aliphatic carbocycles. The molecule has 1 rings (SSSR count). The fourth-order valence-corrected chi connectivity index (χ4v) is 2.57. The van der Waals surface area contributed by atoms with Crippen molar-refractivity contribution in [3.05, 3.63) is 34.9 Å². The molecule has 96 valence electrons. The molecule has 0 spiro atoms. The van der Waals surface area contributed by atoms with Crippen LogP contribution in [0.4, 0.5) is 0 Å². The lowest BCUT2D eigenvalue weighted by Crippen LogP contribution is -2.30. The van der Waals surface area contributed by atoms with Crippen molar-refractivity contribution < 1.29 is 13.5 Å². The van der Waals surface area contributed by atoms with Gasteiger partial charge in [-0.05, 0) is 24.1 Å². The van der Waals surface area contributed by atoms with Crippen molar-refractivity contribution in [2.24, 2.45) is 0 Å². The summed E-state index contributed by atoms with van der Waals surface area (Å²) in [6, 6.07) is 6.64. The first-order valence-corrected chi connectivity index (χ1v) is 7.38. The van der Waals surface area contributed by atoms with Gasteiger partial charge < -0.3 is 5.11 Å². The monoisotopic (exact) mass is 277 g/mol. The molecule has 0 saturated carbocycles. The van der Waals surface area contributed by atoms with Crippen molar-refractivity contribution in [1.82, 2.24) is 4.72 Å². The second kappa shape index (κ2) is 6.35. The smallest absolute Gasteiger partial charge is 0.211 e. The average molecular weight is 278 g/mol. The zero-order chi connectivity index (χ0) is 12.9.